The zero-order valence-corrected chi connectivity index (χ0v) is 15.9. The van der Waals surface area contributed by atoms with E-state index in [-0.39, 0.29) is 5.91 Å². The summed E-state index contributed by atoms with van der Waals surface area (Å²) in [6.45, 7) is 3.73. The highest BCUT2D eigenvalue weighted by molar-refractivity contribution is 5.99. The summed E-state index contributed by atoms with van der Waals surface area (Å²) in [6, 6.07) is 1.99. The van der Waals surface area contributed by atoms with Crippen LogP contribution in [0.3, 0.4) is 0 Å². The highest BCUT2D eigenvalue weighted by Crippen LogP contribution is 2.24. The van der Waals surface area contributed by atoms with Crippen molar-refractivity contribution in [3.8, 4) is 0 Å². The molecule has 7 heteroatoms. The third-order valence-corrected chi connectivity index (χ3v) is 4.72. The molecule has 0 saturated heterocycles. The van der Waals surface area contributed by atoms with Crippen LogP contribution < -0.4 is 15.1 Å². The Hall–Kier alpha value is -2.70. The lowest BCUT2D eigenvalue weighted by molar-refractivity contribution is 0.0963. The van der Waals surface area contributed by atoms with Gasteiger partial charge in [0.25, 0.3) is 5.91 Å². The number of fused-ring (bicyclic) bond motifs is 1. The molecule has 0 atom stereocenters. The first-order valence-corrected chi connectivity index (χ1v) is 9.01. The second-order valence-electron chi connectivity index (χ2n) is 6.67. The van der Waals surface area contributed by atoms with Crippen LogP contribution in [0.5, 0.6) is 0 Å². The van der Waals surface area contributed by atoms with Crippen molar-refractivity contribution in [2.75, 3.05) is 44.0 Å². The van der Waals surface area contributed by atoms with Gasteiger partial charge in [-0.05, 0) is 30.0 Å². The van der Waals surface area contributed by atoms with Gasteiger partial charge in [-0.25, -0.2) is 15.0 Å². The molecule has 1 amide bonds. The number of aromatic nitrogens is 3. The lowest BCUT2D eigenvalue weighted by Gasteiger charge is -2.19. The number of hydrogen-bond acceptors (Lipinski definition) is 6. The number of pyridine rings is 1. The normalized spacial score (nSPS) is 13.8. The zero-order valence-electron chi connectivity index (χ0n) is 15.9. The van der Waals surface area contributed by atoms with Crippen molar-refractivity contribution in [1.29, 1.82) is 0 Å². The highest BCUT2D eigenvalue weighted by atomic mass is 16.1. The average Bonchev–Trinajstić information content (AvgIpc) is 2.88. The molecule has 0 aromatic carbocycles. The van der Waals surface area contributed by atoms with Crippen LogP contribution in [0.2, 0.25) is 0 Å². The van der Waals surface area contributed by atoms with E-state index in [4.69, 9.17) is 4.98 Å². The van der Waals surface area contributed by atoms with Crippen molar-refractivity contribution in [3.05, 3.63) is 40.8 Å². The Labute approximate surface area is 154 Å². The topological polar surface area (TPSA) is 74.2 Å². The lowest BCUT2D eigenvalue weighted by Crippen LogP contribution is -2.27. The van der Waals surface area contributed by atoms with Crippen LogP contribution in [0, 0.1) is 0 Å². The quantitative estimate of drug-likeness (QED) is 0.896. The molecule has 3 heterocycles. The molecule has 0 aliphatic carbocycles. The van der Waals surface area contributed by atoms with Gasteiger partial charge in [0, 0.05) is 58.7 Å². The summed E-state index contributed by atoms with van der Waals surface area (Å²) in [6.07, 6.45) is 6.35. The Bertz CT molecular complexity index is 787. The smallest absolute Gasteiger partial charge is 0.254 e. The maximum atomic E-state index is 12.2. The number of amides is 1. The average molecular weight is 354 g/mol. The van der Waals surface area contributed by atoms with E-state index in [0.29, 0.717) is 11.4 Å². The Morgan fingerprint density at radius 2 is 1.92 bits per heavy atom. The number of aryl methyl sites for hydroxylation is 1. The minimum Gasteiger partial charge on any atom is -0.362 e. The standard InChI is InChI=1S/C19H26N6O/c1-5-13-11-21-19(22-12-13)25-8-6-14-10-15(18(26)20-2)17(24(3)4)23-16(14)7-9-25/h10-12H,5-9H2,1-4H3,(H,20,26). The van der Waals surface area contributed by atoms with Crippen LogP contribution in [-0.4, -0.2) is 55.1 Å². The Balaban J connectivity index is 1.87. The molecule has 3 rings (SSSR count). The summed E-state index contributed by atoms with van der Waals surface area (Å²) in [5, 5.41) is 2.71. The minimum absolute atomic E-state index is 0.108. The molecule has 1 N–H and O–H groups in total. The molecule has 2 aromatic rings. The van der Waals surface area contributed by atoms with Gasteiger partial charge in [0.1, 0.15) is 5.82 Å². The summed E-state index contributed by atoms with van der Waals surface area (Å²) < 4.78 is 0. The maximum absolute atomic E-state index is 12.2. The van der Waals surface area contributed by atoms with Crippen LogP contribution >= 0.6 is 0 Å². The molecule has 0 radical (unpaired) electrons. The Kier molecular flexibility index (Phi) is 5.35. The van der Waals surface area contributed by atoms with Gasteiger partial charge in [-0.2, -0.15) is 0 Å². The predicted octanol–water partition coefficient (Wildman–Crippen LogP) is 1.46. The third-order valence-electron chi connectivity index (χ3n) is 4.72. The minimum atomic E-state index is -0.108. The van der Waals surface area contributed by atoms with Gasteiger partial charge in [0.15, 0.2) is 0 Å². The Morgan fingerprint density at radius 3 is 2.54 bits per heavy atom. The Morgan fingerprint density at radius 1 is 1.23 bits per heavy atom. The van der Waals surface area contributed by atoms with Crippen molar-refractivity contribution in [1.82, 2.24) is 20.3 Å². The van der Waals surface area contributed by atoms with E-state index in [1.807, 2.05) is 37.5 Å². The highest BCUT2D eigenvalue weighted by Gasteiger charge is 2.22. The number of carbonyl (C=O) groups is 1. The molecule has 1 aliphatic heterocycles. The van der Waals surface area contributed by atoms with Crippen LogP contribution in [0.25, 0.3) is 0 Å². The van der Waals surface area contributed by atoms with Gasteiger partial charge in [0.05, 0.1) is 5.56 Å². The van der Waals surface area contributed by atoms with Gasteiger partial charge in [0.2, 0.25) is 5.95 Å². The molecule has 0 saturated carbocycles. The molecular weight excluding hydrogens is 328 g/mol. The summed E-state index contributed by atoms with van der Waals surface area (Å²) >= 11 is 0. The largest absolute Gasteiger partial charge is 0.362 e. The van der Waals surface area contributed by atoms with Crippen molar-refractivity contribution >= 4 is 17.7 Å². The molecule has 26 heavy (non-hydrogen) atoms. The number of hydrogen-bond donors (Lipinski definition) is 1. The molecule has 7 nitrogen and oxygen atoms in total. The first-order valence-electron chi connectivity index (χ1n) is 9.01. The SMILES string of the molecule is CCc1cnc(N2CCc3cc(C(=O)NC)c(N(C)C)nc3CC2)nc1. The fourth-order valence-corrected chi connectivity index (χ4v) is 3.16. The second kappa shape index (κ2) is 7.68. The molecular formula is C19H26N6O. The van der Waals surface area contributed by atoms with Gasteiger partial charge < -0.3 is 15.1 Å². The third kappa shape index (κ3) is 3.61. The van der Waals surface area contributed by atoms with Gasteiger partial charge in [-0.3, -0.25) is 4.79 Å². The van der Waals surface area contributed by atoms with E-state index in [9.17, 15) is 4.79 Å². The summed E-state index contributed by atoms with van der Waals surface area (Å²) in [7, 11) is 5.47. The number of nitrogens with one attached hydrogen (secondary N) is 1. The fourth-order valence-electron chi connectivity index (χ4n) is 3.16. The van der Waals surface area contributed by atoms with Crippen LogP contribution in [0.1, 0.15) is 34.1 Å². The second-order valence-corrected chi connectivity index (χ2v) is 6.67. The number of carbonyl (C=O) groups excluding carboxylic acids is 1. The van der Waals surface area contributed by atoms with E-state index < -0.39 is 0 Å². The number of nitrogens with zero attached hydrogens (tertiary/aromatic N) is 5. The van der Waals surface area contributed by atoms with E-state index in [0.717, 1.165) is 55.1 Å². The fraction of sp³-hybridized carbons (Fsp3) is 0.474. The molecule has 0 bridgehead atoms. The van der Waals surface area contributed by atoms with Gasteiger partial charge in [-0.15, -0.1) is 0 Å². The van der Waals surface area contributed by atoms with E-state index in [2.05, 4.69) is 27.1 Å². The van der Waals surface area contributed by atoms with Crippen LogP contribution in [-0.2, 0) is 19.3 Å². The molecule has 1 aliphatic rings. The number of anilines is 2. The molecule has 2 aromatic heterocycles. The van der Waals surface area contributed by atoms with Gasteiger partial charge >= 0.3 is 0 Å². The molecule has 138 valence electrons. The monoisotopic (exact) mass is 354 g/mol. The summed E-state index contributed by atoms with van der Waals surface area (Å²) in [5.41, 5.74) is 3.93. The maximum Gasteiger partial charge on any atom is 0.254 e. The van der Waals surface area contributed by atoms with Crippen molar-refractivity contribution < 1.29 is 4.79 Å². The molecule has 0 spiro atoms. The van der Waals surface area contributed by atoms with Crippen LogP contribution in [0.4, 0.5) is 11.8 Å². The van der Waals surface area contributed by atoms with E-state index in [1.54, 1.807) is 7.05 Å². The number of rotatable bonds is 4. The van der Waals surface area contributed by atoms with Crippen molar-refractivity contribution in [3.63, 3.8) is 0 Å². The zero-order chi connectivity index (χ0) is 18.7. The summed E-state index contributed by atoms with van der Waals surface area (Å²) in [5.74, 6) is 1.36. The molecule has 0 fully saturated rings. The van der Waals surface area contributed by atoms with E-state index >= 15 is 0 Å². The van der Waals surface area contributed by atoms with Crippen molar-refractivity contribution in [2.45, 2.75) is 26.2 Å². The lowest BCUT2D eigenvalue weighted by atomic mass is 10.0. The van der Waals surface area contributed by atoms with Crippen LogP contribution in [0.15, 0.2) is 18.5 Å². The summed E-state index contributed by atoms with van der Waals surface area (Å²) in [4.78, 5) is 30.1. The van der Waals surface area contributed by atoms with Gasteiger partial charge in [-0.1, -0.05) is 6.92 Å². The first-order chi connectivity index (χ1) is 12.5. The molecule has 0 unspecified atom stereocenters. The predicted molar refractivity (Wildman–Crippen MR) is 103 cm³/mol. The van der Waals surface area contributed by atoms with Crippen molar-refractivity contribution in [2.24, 2.45) is 0 Å². The first kappa shape index (κ1) is 18.1. The van der Waals surface area contributed by atoms with E-state index in [1.165, 1.54) is 0 Å².